The Bertz CT molecular complexity index is 1680. The first kappa shape index (κ1) is 33.6. The van der Waals surface area contributed by atoms with Crippen LogP contribution in [0.1, 0.15) is 105 Å². The Morgan fingerprint density at radius 2 is 1.75 bits per heavy atom. The van der Waals surface area contributed by atoms with Crippen LogP contribution in [0.2, 0.25) is 5.02 Å². The molecule has 3 aromatic rings. The fourth-order valence-electron chi connectivity index (χ4n) is 9.43. The molecule has 1 amide bonds. The predicted molar refractivity (Wildman–Crippen MR) is 180 cm³/mol. The normalized spacial score (nSPS) is 26.1. The van der Waals surface area contributed by atoms with Gasteiger partial charge in [-0.1, -0.05) is 37.6 Å². The summed E-state index contributed by atoms with van der Waals surface area (Å²) in [7, 11) is 2.13. The van der Waals surface area contributed by atoms with Crippen molar-refractivity contribution in [2.75, 3.05) is 33.4 Å². The maximum absolute atomic E-state index is 15.3. The second-order valence-electron chi connectivity index (χ2n) is 15.4. The third kappa shape index (κ3) is 5.87. The average molecular weight is 681 g/mol. The standard InChI is InChI=1S/C38H47ClF2N4O3/c1-22-16-30-31(20-33(22)39)38(21-32(30)37(3,4)36-43-42-23(2)48-36)10-12-45(13-11-38)35(46)29-19-26(44(5)25-8-14-47-15-9-25)18-28(29)27-7-6-24(40)17-34(27)41/h6-7,16-17,20,25-26,28-29,32H,8-15,18-19,21H2,1-5H3/t26-,28+,29-,32+/m1/s1. The molecule has 0 unspecified atom stereocenters. The molecule has 48 heavy (non-hydrogen) atoms. The zero-order chi connectivity index (χ0) is 34.0. The van der Waals surface area contributed by atoms with Gasteiger partial charge in [-0.3, -0.25) is 4.79 Å². The number of likely N-dealkylation sites (tertiary alicyclic amines) is 1. The fourth-order valence-corrected chi connectivity index (χ4v) is 9.59. The summed E-state index contributed by atoms with van der Waals surface area (Å²) in [4.78, 5) is 18.9. The van der Waals surface area contributed by atoms with Gasteiger partial charge in [0, 0.05) is 67.7 Å². The molecule has 7 nitrogen and oxygen atoms in total. The van der Waals surface area contributed by atoms with Crippen molar-refractivity contribution in [2.24, 2.45) is 5.92 Å². The average Bonchev–Trinajstić information content (AvgIpc) is 3.79. The smallest absolute Gasteiger partial charge is 0.226 e. The zero-order valence-electron chi connectivity index (χ0n) is 28.7. The molecule has 1 spiro atoms. The second-order valence-corrected chi connectivity index (χ2v) is 15.8. The first-order chi connectivity index (χ1) is 22.9. The molecule has 2 saturated heterocycles. The molecule has 7 rings (SSSR count). The highest BCUT2D eigenvalue weighted by molar-refractivity contribution is 6.31. The Labute approximate surface area is 287 Å². The van der Waals surface area contributed by atoms with Crippen molar-refractivity contribution in [3.63, 3.8) is 0 Å². The zero-order valence-corrected chi connectivity index (χ0v) is 29.5. The largest absolute Gasteiger partial charge is 0.425 e. The van der Waals surface area contributed by atoms with E-state index in [2.05, 4.69) is 48.1 Å². The van der Waals surface area contributed by atoms with E-state index in [9.17, 15) is 9.18 Å². The summed E-state index contributed by atoms with van der Waals surface area (Å²) in [5.74, 6) is -0.426. The van der Waals surface area contributed by atoms with Crippen molar-refractivity contribution in [1.29, 1.82) is 0 Å². The lowest BCUT2D eigenvalue weighted by Gasteiger charge is -2.42. The van der Waals surface area contributed by atoms with Crippen LogP contribution in [0.3, 0.4) is 0 Å². The predicted octanol–water partition coefficient (Wildman–Crippen LogP) is 7.62. The Balaban J connectivity index is 1.14. The number of aromatic nitrogens is 2. The maximum atomic E-state index is 15.3. The van der Waals surface area contributed by atoms with Crippen LogP contribution in [0.25, 0.3) is 0 Å². The molecule has 2 aromatic carbocycles. The molecule has 0 bridgehead atoms. The summed E-state index contributed by atoms with van der Waals surface area (Å²) in [5, 5.41) is 9.31. The number of piperidine rings is 1. The van der Waals surface area contributed by atoms with E-state index in [-0.39, 0.29) is 35.1 Å². The molecule has 4 aliphatic rings. The number of nitrogens with zero attached hydrogens (tertiary/aromatic N) is 4. The van der Waals surface area contributed by atoms with E-state index in [1.54, 1.807) is 6.07 Å². The minimum atomic E-state index is -0.600. The summed E-state index contributed by atoms with van der Waals surface area (Å²) in [6.07, 6.45) is 5.76. The molecule has 3 fully saturated rings. The van der Waals surface area contributed by atoms with Crippen LogP contribution in [0.5, 0.6) is 0 Å². The van der Waals surface area contributed by atoms with Crippen LogP contribution in [0.4, 0.5) is 8.78 Å². The van der Waals surface area contributed by atoms with E-state index < -0.39 is 17.0 Å². The molecule has 3 heterocycles. The molecule has 2 aliphatic heterocycles. The molecular weight excluding hydrogens is 634 g/mol. The van der Waals surface area contributed by atoms with Crippen molar-refractivity contribution < 1.29 is 22.7 Å². The van der Waals surface area contributed by atoms with Crippen LogP contribution in [0.15, 0.2) is 34.7 Å². The van der Waals surface area contributed by atoms with Crippen molar-refractivity contribution in [3.05, 3.63) is 81.0 Å². The van der Waals surface area contributed by atoms with E-state index in [4.69, 9.17) is 20.8 Å². The highest BCUT2D eigenvalue weighted by atomic mass is 35.5. The number of carbonyl (C=O) groups is 1. The Morgan fingerprint density at radius 1 is 1.02 bits per heavy atom. The number of hydrogen-bond donors (Lipinski definition) is 0. The molecule has 1 saturated carbocycles. The molecule has 1 aromatic heterocycles. The van der Waals surface area contributed by atoms with E-state index in [1.165, 1.54) is 17.2 Å². The van der Waals surface area contributed by atoms with E-state index in [1.807, 2.05) is 18.7 Å². The van der Waals surface area contributed by atoms with Gasteiger partial charge in [-0.2, -0.15) is 0 Å². The summed E-state index contributed by atoms with van der Waals surface area (Å²) >= 11 is 6.76. The molecule has 0 N–H and O–H groups in total. The maximum Gasteiger partial charge on any atom is 0.226 e. The number of aryl methyl sites for hydroxylation is 2. The monoisotopic (exact) mass is 680 g/mol. The SMILES string of the molecule is Cc1nnc(C(C)(C)[C@H]2CC3(CCN(C(=O)[C@@H]4C[C@H](N(C)C5CCOCC5)C[C@H]4c4ccc(F)cc4F)CC3)c3cc(Cl)c(C)cc32)o1. The van der Waals surface area contributed by atoms with Crippen molar-refractivity contribution >= 4 is 17.5 Å². The van der Waals surface area contributed by atoms with Gasteiger partial charge in [0.15, 0.2) is 0 Å². The van der Waals surface area contributed by atoms with Gasteiger partial charge < -0.3 is 19.0 Å². The molecule has 10 heteroatoms. The van der Waals surface area contributed by atoms with E-state index in [0.717, 1.165) is 62.0 Å². The lowest BCUT2D eigenvalue weighted by Crippen LogP contribution is -2.47. The van der Waals surface area contributed by atoms with Crippen molar-refractivity contribution in [2.45, 2.75) is 107 Å². The van der Waals surface area contributed by atoms with Gasteiger partial charge in [-0.15, -0.1) is 10.2 Å². The van der Waals surface area contributed by atoms with Gasteiger partial charge in [0.1, 0.15) is 11.6 Å². The minimum Gasteiger partial charge on any atom is -0.425 e. The second kappa shape index (κ2) is 12.8. The lowest BCUT2D eigenvalue weighted by molar-refractivity contribution is -0.137. The highest BCUT2D eigenvalue weighted by Gasteiger charge is 2.53. The topological polar surface area (TPSA) is 71.7 Å². The molecule has 0 radical (unpaired) electrons. The van der Waals surface area contributed by atoms with Gasteiger partial charge in [0.25, 0.3) is 0 Å². The lowest BCUT2D eigenvalue weighted by atomic mass is 9.70. The van der Waals surface area contributed by atoms with Crippen LogP contribution in [0, 0.1) is 31.4 Å². The summed E-state index contributed by atoms with van der Waals surface area (Å²) in [6.45, 7) is 10.9. The first-order valence-electron chi connectivity index (χ1n) is 17.5. The minimum absolute atomic E-state index is 0.0832. The fraction of sp³-hybridized carbons (Fsp3) is 0.605. The van der Waals surface area contributed by atoms with Crippen LogP contribution in [-0.4, -0.2) is 71.3 Å². The molecule has 2 aliphatic carbocycles. The third-order valence-corrected chi connectivity index (χ3v) is 12.8. The van der Waals surface area contributed by atoms with E-state index >= 15 is 4.39 Å². The number of benzene rings is 2. The van der Waals surface area contributed by atoms with Crippen molar-refractivity contribution in [3.8, 4) is 0 Å². The van der Waals surface area contributed by atoms with E-state index in [0.29, 0.717) is 49.3 Å². The molecule has 4 atom stereocenters. The van der Waals surface area contributed by atoms with Gasteiger partial charge >= 0.3 is 0 Å². The number of rotatable bonds is 6. The number of fused-ring (bicyclic) bond motifs is 2. The van der Waals surface area contributed by atoms with Crippen LogP contribution >= 0.6 is 11.6 Å². The van der Waals surface area contributed by atoms with Gasteiger partial charge in [-0.05, 0) is 111 Å². The van der Waals surface area contributed by atoms with Crippen LogP contribution < -0.4 is 0 Å². The van der Waals surface area contributed by atoms with Crippen LogP contribution in [-0.2, 0) is 20.4 Å². The summed E-state index contributed by atoms with van der Waals surface area (Å²) < 4.78 is 40.9. The quantitative estimate of drug-likeness (QED) is 0.267. The number of ether oxygens (including phenoxy) is 1. The Kier molecular flexibility index (Phi) is 8.95. The number of amides is 1. The number of halogens is 3. The Hall–Kier alpha value is -2.88. The third-order valence-electron chi connectivity index (χ3n) is 12.4. The summed E-state index contributed by atoms with van der Waals surface area (Å²) in [6, 6.07) is 8.71. The van der Waals surface area contributed by atoms with Gasteiger partial charge in [0.2, 0.25) is 17.7 Å². The molecule has 258 valence electrons. The highest BCUT2D eigenvalue weighted by Crippen LogP contribution is 2.58. The molecular formula is C38H47ClF2N4O3. The number of carbonyl (C=O) groups excluding carboxylic acids is 1. The Morgan fingerprint density at radius 3 is 2.42 bits per heavy atom. The van der Waals surface area contributed by atoms with Gasteiger partial charge in [-0.25, -0.2) is 8.78 Å². The first-order valence-corrected chi connectivity index (χ1v) is 17.9. The summed E-state index contributed by atoms with van der Waals surface area (Å²) in [5.41, 5.74) is 3.51. The number of hydrogen-bond acceptors (Lipinski definition) is 6. The van der Waals surface area contributed by atoms with Gasteiger partial charge in [0.05, 0.1) is 0 Å². The van der Waals surface area contributed by atoms with Crippen molar-refractivity contribution in [1.82, 2.24) is 20.0 Å².